The number of anilines is 4. The molecule has 0 aromatic carbocycles. The van der Waals surface area contributed by atoms with E-state index in [0.29, 0.717) is 51.3 Å². The van der Waals surface area contributed by atoms with E-state index in [4.69, 9.17) is 9.47 Å². The van der Waals surface area contributed by atoms with E-state index in [-0.39, 0.29) is 50.1 Å². The first-order valence-electron chi connectivity index (χ1n) is 20.9. The van der Waals surface area contributed by atoms with Gasteiger partial charge in [0.25, 0.3) is 0 Å². The summed E-state index contributed by atoms with van der Waals surface area (Å²) in [7, 11) is -8.45. The highest BCUT2D eigenvalue weighted by Gasteiger charge is 2.22. The Labute approximate surface area is 352 Å². The van der Waals surface area contributed by atoms with Gasteiger partial charge in [-0.2, -0.15) is 29.9 Å². The van der Waals surface area contributed by atoms with E-state index < -0.39 is 25.1 Å². The lowest BCUT2D eigenvalue weighted by atomic mass is 10.4. The van der Waals surface area contributed by atoms with Gasteiger partial charge in [-0.15, -0.1) is 0 Å². The molecule has 0 saturated carbocycles. The maximum atomic E-state index is 12.8. The summed E-state index contributed by atoms with van der Waals surface area (Å²) in [6, 6.07) is 0.260. The number of hydrogen-bond donors (Lipinski definition) is 6. The summed E-state index contributed by atoms with van der Waals surface area (Å²) in [4.78, 5) is 35.2. The van der Waals surface area contributed by atoms with Crippen molar-refractivity contribution in [2.75, 3.05) is 157 Å². The summed E-state index contributed by atoms with van der Waals surface area (Å²) in [5, 5.41) is 11.2. The molecule has 2 aromatic heterocycles. The molecule has 0 aliphatic heterocycles. The Morgan fingerprint density at radius 1 is 0.407 bits per heavy atom. The summed E-state index contributed by atoms with van der Waals surface area (Å²) in [6.45, 7) is 28.7. The van der Waals surface area contributed by atoms with Crippen LogP contribution < -0.4 is 40.2 Å². The van der Waals surface area contributed by atoms with Crippen LogP contribution in [0.4, 0.5) is 23.8 Å². The average Bonchev–Trinajstić information content (AvgIpc) is 3.21. The minimum atomic E-state index is -4.22. The van der Waals surface area contributed by atoms with Gasteiger partial charge >= 0.3 is 12.0 Å². The highest BCUT2D eigenvalue weighted by molar-refractivity contribution is 8.06. The van der Waals surface area contributed by atoms with Gasteiger partial charge in [0.15, 0.2) is 5.08 Å². The predicted octanol–water partition coefficient (Wildman–Crippen LogP) is 0.326. The van der Waals surface area contributed by atoms with Crippen LogP contribution in [0.2, 0.25) is 0 Å². The van der Waals surface area contributed by atoms with Gasteiger partial charge in [0.1, 0.15) is 13.2 Å². The highest BCUT2D eigenvalue weighted by atomic mass is 32.3. The summed E-state index contributed by atoms with van der Waals surface area (Å²) in [5.74, 6) is 1.00. The minimum absolute atomic E-state index is 0.0673. The van der Waals surface area contributed by atoms with Crippen LogP contribution in [0.5, 0.6) is 12.0 Å². The third-order valence-electron chi connectivity index (χ3n) is 9.28. The minimum Gasteiger partial charge on any atom is -0.462 e. The maximum Gasteiger partial charge on any atom is 0.323 e. The van der Waals surface area contributed by atoms with Crippen molar-refractivity contribution in [1.82, 2.24) is 58.9 Å². The number of likely N-dealkylation sites (N-methyl/N-ethyl adjacent to an activating group) is 4. The van der Waals surface area contributed by atoms with E-state index in [1.54, 1.807) is 0 Å². The van der Waals surface area contributed by atoms with Crippen LogP contribution in [-0.4, -0.2) is 202 Å². The third kappa shape index (κ3) is 22.1. The molecule has 2 heterocycles. The molecule has 0 unspecified atom stereocenters. The summed E-state index contributed by atoms with van der Waals surface area (Å²) in [6.07, 6.45) is 0. The Bertz CT molecular complexity index is 1460. The fourth-order valence-electron chi connectivity index (χ4n) is 5.55. The molecule has 0 bridgehead atoms. The number of sulfonamides is 2. The molecule has 59 heavy (non-hydrogen) atoms. The molecule has 0 atom stereocenters. The van der Waals surface area contributed by atoms with Crippen molar-refractivity contribution in [3.8, 4) is 12.0 Å². The van der Waals surface area contributed by atoms with E-state index in [1.807, 2.05) is 0 Å². The molecule has 0 aliphatic carbocycles. The summed E-state index contributed by atoms with van der Waals surface area (Å²) >= 11 is 0. The second kappa shape index (κ2) is 28.9. The molecular weight excluding hydrogens is 805 g/mol. The second-order valence-electron chi connectivity index (χ2n) is 13.2. The number of rotatable bonds is 36. The van der Waals surface area contributed by atoms with Crippen LogP contribution in [0.1, 0.15) is 55.4 Å². The first kappa shape index (κ1) is 51.6. The van der Waals surface area contributed by atoms with Gasteiger partial charge in [0.05, 0.1) is 0 Å². The highest BCUT2D eigenvalue weighted by Crippen LogP contribution is 2.13. The Morgan fingerprint density at radius 2 is 0.695 bits per heavy atom. The van der Waals surface area contributed by atoms with Gasteiger partial charge in [0.2, 0.25) is 43.8 Å². The molecule has 0 aliphatic rings. The Morgan fingerprint density at radius 3 is 1.00 bits per heavy atom. The van der Waals surface area contributed by atoms with E-state index in [0.717, 1.165) is 65.4 Å². The normalized spacial score (nSPS) is 12.1. The number of ether oxygens (including phenoxy) is 2. The van der Waals surface area contributed by atoms with Crippen molar-refractivity contribution in [1.29, 1.82) is 0 Å². The van der Waals surface area contributed by atoms with Gasteiger partial charge < -0.3 is 50.3 Å². The zero-order chi connectivity index (χ0) is 43.5. The fraction of sp³-hybridized carbons (Fsp3) is 0.829. The van der Waals surface area contributed by atoms with Crippen LogP contribution in [-0.2, 0) is 20.0 Å². The zero-order valence-corrected chi connectivity index (χ0v) is 38.2. The van der Waals surface area contributed by atoms with Gasteiger partial charge in [-0.05, 0) is 52.4 Å². The molecule has 22 nitrogen and oxygen atoms in total. The largest absolute Gasteiger partial charge is 0.462 e. The van der Waals surface area contributed by atoms with Crippen molar-refractivity contribution in [3.63, 3.8) is 0 Å². The lowest BCUT2D eigenvalue weighted by molar-refractivity contribution is 0.212. The third-order valence-corrected chi connectivity index (χ3v) is 13.0. The monoisotopic (exact) mass is 877 g/mol. The predicted molar refractivity (Wildman–Crippen MR) is 234 cm³/mol. The molecule has 0 saturated heterocycles. The second-order valence-corrected chi connectivity index (χ2v) is 17.2. The van der Waals surface area contributed by atoms with Crippen molar-refractivity contribution in [3.05, 3.63) is 0 Å². The Balaban J connectivity index is 1.93. The molecule has 340 valence electrons. The lowest BCUT2D eigenvalue weighted by Gasteiger charge is -2.19. The van der Waals surface area contributed by atoms with Crippen molar-refractivity contribution >= 4 is 43.8 Å². The number of aromatic nitrogens is 6. The van der Waals surface area contributed by atoms with E-state index in [9.17, 15) is 16.8 Å². The first-order valence-corrected chi connectivity index (χ1v) is 24.2. The van der Waals surface area contributed by atoms with Crippen LogP contribution in [0.15, 0.2) is 0 Å². The summed E-state index contributed by atoms with van der Waals surface area (Å²) in [5.41, 5.74) is 0. The molecule has 2 aromatic rings. The molecular formula is C35H72N16O6S2. The van der Waals surface area contributed by atoms with E-state index in [1.165, 1.54) is 0 Å². The van der Waals surface area contributed by atoms with E-state index in [2.05, 4.69) is 136 Å². The average molecular weight is 877 g/mol. The number of nitrogens with one attached hydrogen (secondary N) is 6. The quantitative estimate of drug-likeness (QED) is 0.0505. The maximum absolute atomic E-state index is 12.8. The van der Waals surface area contributed by atoms with Crippen LogP contribution in [0, 0.1) is 0 Å². The lowest BCUT2D eigenvalue weighted by Crippen LogP contribution is -2.39. The number of hydrogen-bond acceptors (Lipinski definition) is 20. The van der Waals surface area contributed by atoms with Crippen LogP contribution in [0.25, 0.3) is 0 Å². The fourth-order valence-corrected chi connectivity index (χ4v) is 8.68. The van der Waals surface area contributed by atoms with Crippen LogP contribution >= 0.6 is 0 Å². The number of nitrogens with zero attached hydrogens (tertiary/aromatic N) is 10. The smallest absolute Gasteiger partial charge is 0.323 e. The molecule has 0 fully saturated rings. The van der Waals surface area contributed by atoms with Gasteiger partial charge in [-0.3, -0.25) is 0 Å². The van der Waals surface area contributed by atoms with Crippen molar-refractivity contribution in [2.45, 2.75) is 55.4 Å². The SMILES string of the molecule is CCN(CC)CCNc1nc(NCCNS(=O)(=O)CS(=O)(=O)NCCNc2nc(NCCN(CC)CC)nc(OCCN(CC)CC)n2)nc(OCCN(CC)CC)n1. The molecule has 24 heteroatoms. The van der Waals surface area contributed by atoms with Crippen LogP contribution in [0.3, 0.4) is 0 Å². The zero-order valence-electron chi connectivity index (χ0n) is 36.6. The van der Waals surface area contributed by atoms with Gasteiger partial charge in [0, 0.05) is 65.4 Å². The Kier molecular flexibility index (Phi) is 25.2. The van der Waals surface area contributed by atoms with Gasteiger partial charge in [-0.25, -0.2) is 26.3 Å². The first-order chi connectivity index (χ1) is 28.3. The molecule has 2 rings (SSSR count). The van der Waals surface area contributed by atoms with E-state index >= 15 is 0 Å². The topological polar surface area (TPSA) is 249 Å². The standard InChI is InChI=1S/C35H72N16O6S2/c1-9-48(10-2)23-21-38-32-42-30(44-34(46-32)56-27-25-50(13-5)14-6)36-17-19-40-58(52,53)29-59(54,55)41-20-18-37-31-43-33(39-22-24-49(11-3)12-4)47-35(45-31)57-28-26-51(15-7)16-8/h40-41H,9-29H2,1-8H3,(H2,36,38,42,44,46)(H2,37,39,43,45,47). The molecule has 0 spiro atoms. The molecule has 6 N–H and O–H groups in total. The van der Waals surface area contributed by atoms with Crippen molar-refractivity contribution in [2.24, 2.45) is 0 Å². The molecule has 0 amide bonds. The summed E-state index contributed by atoms with van der Waals surface area (Å²) < 4.78 is 67.4. The Hall–Kier alpha value is -3.52. The van der Waals surface area contributed by atoms with Gasteiger partial charge in [-0.1, -0.05) is 55.4 Å². The van der Waals surface area contributed by atoms with Crippen molar-refractivity contribution < 1.29 is 26.3 Å². The molecule has 0 radical (unpaired) electrons.